The van der Waals surface area contributed by atoms with Crippen LogP contribution in [0.5, 0.6) is 0 Å². The fraction of sp³-hybridized carbons (Fsp3) is 1.00. The van der Waals surface area contributed by atoms with Gasteiger partial charge in [0, 0.05) is 18.6 Å². The summed E-state index contributed by atoms with van der Waals surface area (Å²) in [5, 5.41) is 19.2. The first-order chi connectivity index (χ1) is 7.72. The molecule has 94 valence electrons. The van der Waals surface area contributed by atoms with Crippen molar-refractivity contribution in [1.29, 1.82) is 0 Å². The molecule has 16 heavy (non-hydrogen) atoms. The predicted molar refractivity (Wildman–Crippen MR) is 61.3 cm³/mol. The normalized spacial score (nSPS) is 42.2. The van der Waals surface area contributed by atoms with Crippen molar-refractivity contribution in [2.45, 2.75) is 56.9 Å². The van der Waals surface area contributed by atoms with Gasteiger partial charge in [-0.2, -0.15) is 0 Å². The van der Waals surface area contributed by atoms with Crippen LogP contribution in [0, 0.1) is 0 Å². The van der Waals surface area contributed by atoms with Crippen molar-refractivity contribution < 1.29 is 14.9 Å². The molecule has 0 aromatic rings. The lowest BCUT2D eigenvalue weighted by Crippen LogP contribution is -2.57. The molecule has 1 aliphatic heterocycles. The molecule has 4 atom stereocenters. The van der Waals surface area contributed by atoms with Gasteiger partial charge in [0.15, 0.2) is 0 Å². The number of hydrogen-bond donors (Lipinski definition) is 2. The van der Waals surface area contributed by atoms with E-state index in [0.29, 0.717) is 12.6 Å². The molecule has 4 heteroatoms. The van der Waals surface area contributed by atoms with Crippen molar-refractivity contribution in [3.8, 4) is 0 Å². The molecule has 1 saturated carbocycles. The molecular weight excluding hydrogens is 206 g/mol. The van der Waals surface area contributed by atoms with Gasteiger partial charge in [-0.05, 0) is 19.8 Å². The molecule has 1 saturated heterocycles. The van der Waals surface area contributed by atoms with Gasteiger partial charge in [0.25, 0.3) is 0 Å². The average Bonchev–Trinajstić information content (AvgIpc) is 2.31. The van der Waals surface area contributed by atoms with Crippen LogP contribution in [0.15, 0.2) is 0 Å². The Labute approximate surface area is 97.2 Å². The van der Waals surface area contributed by atoms with Crippen molar-refractivity contribution in [2.75, 3.05) is 19.8 Å². The molecule has 2 N–H and O–H groups in total. The Morgan fingerprint density at radius 1 is 1.31 bits per heavy atom. The minimum absolute atomic E-state index is 0.0754. The Hall–Kier alpha value is -0.160. The zero-order valence-electron chi connectivity index (χ0n) is 10.0. The van der Waals surface area contributed by atoms with Crippen LogP contribution in [0.4, 0.5) is 0 Å². The monoisotopic (exact) mass is 229 g/mol. The number of hydrogen-bond acceptors (Lipinski definition) is 4. The smallest absolute Gasteiger partial charge is 0.0933 e. The van der Waals surface area contributed by atoms with E-state index < -0.39 is 0 Å². The summed E-state index contributed by atoms with van der Waals surface area (Å²) in [7, 11) is 0. The maximum absolute atomic E-state index is 10.1. The molecule has 4 unspecified atom stereocenters. The lowest BCUT2D eigenvalue weighted by atomic mass is 9.90. The summed E-state index contributed by atoms with van der Waals surface area (Å²) >= 11 is 0. The second-order valence-corrected chi connectivity index (χ2v) is 5.10. The van der Waals surface area contributed by atoms with E-state index in [9.17, 15) is 5.11 Å². The molecule has 1 aliphatic carbocycles. The molecule has 0 aromatic carbocycles. The van der Waals surface area contributed by atoms with E-state index in [1.165, 1.54) is 6.42 Å². The molecule has 4 nitrogen and oxygen atoms in total. The number of ether oxygens (including phenoxy) is 1. The Balaban J connectivity index is 1.99. The van der Waals surface area contributed by atoms with Gasteiger partial charge in [-0.25, -0.2) is 0 Å². The van der Waals surface area contributed by atoms with E-state index in [-0.39, 0.29) is 24.9 Å². The van der Waals surface area contributed by atoms with Crippen LogP contribution in [-0.2, 0) is 4.74 Å². The zero-order valence-corrected chi connectivity index (χ0v) is 10.0. The third kappa shape index (κ3) is 2.56. The lowest BCUT2D eigenvalue weighted by Gasteiger charge is -2.45. The Morgan fingerprint density at radius 2 is 2.06 bits per heavy atom. The minimum atomic E-state index is -0.200. The average molecular weight is 229 g/mol. The van der Waals surface area contributed by atoms with Crippen LogP contribution in [0.1, 0.15) is 32.6 Å². The maximum Gasteiger partial charge on any atom is 0.0933 e. The summed E-state index contributed by atoms with van der Waals surface area (Å²) in [5.41, 5.74) is 0. The molecular formula is C12H23NO3. The van der Waals surface area contributed by atoms with Gasteiger partial charge in [-0.3, -0.25) is 4.90 Å². The number of rotatable bonds is 2. The predicted octanol–water partition coefficient (Wildman–Crippen LogP) is 0.371. The second kappa shape index (κ2) is 5.45. The highest BCUT2D eigenvalue weighted by molar-refractivity contribution is 4.89. The molecule has 2 aliphatic rings. The van der Waals surface area contributed by atoms with E-state index in [0.717, 1.165) is 25.8 Å². The third-order valence-electron chi connectivity index (χ3n) is 3.88. The van der Waals surface area contributed by atoms with Crippen molar-refractivity contribution in [3.05, 3.63) is 0 Å². The lowest BCUT2D eigenvalue weighted by molar-refractivity contribution is -0.113. The van der Waals surface area contributed by atoms with Gasteiger partial charge in [0.2, 0.25) is 0 Å². The minimum Gasteiger partial charge on any atom is -0.394 e. The first-order valence-corrected chi connectivity index (χ1v) is 6.38. The molecule has 0 amide bonds. The van der Waals surface area contributed by atoms with Crippen LogP contribution in [0.25, 0.3) is 0 Å². The third-order valence-corrected chi connectivity index (χ3v) is 3.88. The second-order valence-electron chi connectivity index (χ2n) is 5.10. The maximum atomic E-state index is 10.1. The van der Waals surface area contributed by atoms with E-state index >= 15 is 0 Å². The zero-order chi connectivity index (χ0) is 11.5. The summed E-state index contributed by atoms with van der Waals surface area (Å²) in [6.45, 7) is 3.62. The van der Waals surface area contributed by atoms with Gasteiger partial charge in [0.1, 0.15) is 0 Å². The van der Waals surface area contributed by atoms with Crippen molar-refractivity contribution in [3.63, 3.8) is 0 Å². The van der Waals surface area contributed by atoms with E-state index in [1.807, 2.05) is 0 Å². The van der Waals surface area contributed by atoms with Crippen molar-refractivity contribution in [1.82, 2.24) is 4.90 Å². The fourth-order valence-corrected chi connectivity index (χ4v) is 2.89. The summed E-state index contributed by atoms with van der Waals surface area (Å²) in [6.07, 6.45) is 4.05. The van der Waals surface area contributed by atoms with Gasteiger partial charge in [-0.1, -0.05) is 12.8 Å². The van der Waals surface area contributed by atoms with Crippen LogP contribution in [0.2, 0.25) is 0 Å². The highest BCUT2D eigenvalue weighted by Gasteiger charge is 2.35. The molecule has 0 spiro atoms. The molecule has 0 bridgehead atoms. The Morgan fingerprint density at radius 3 is 2.75 bits per heavy atom. The highest BCUT2D eigenvalue weighted by atomic mass is 16.5. The van der Waals surface area contributed by atoms with Gasteiger partial charge >= 0.3 is 0 Å². The number of aliphatic hydroxyl groups excluding tert-OH is 2. The molecule has 0 radical (unpaired) electrons. The van der Waals surface area contributed by atoms with Gasteiger partial charge < -0.3 is 14.9 Å². The van der Waals surface area contributed by atoms with E-state index in [1.54, 1.807) is 0 Å². The summed E-state index contributed by atoms with van der Waals surface area (Å²) < 4.78 is 5.52. The molecule has 2 rings (SSSR count). The Bertz CT molecular complexity index is 224. The summed E-state index contributed by atoms with van der Waals surface area (Å²) in [5.74, 6) is 0. The Kier molecular flexibility index (Phi) is 4.19. The van der Waals surface area contributed by atoms with Crippen LogP contribution in [0.3, 0.4) is 0 Å². The highest BCUT2D eigenvalue weighted by Crippen LogP contribution is 2.26. The number of nitrogens with zero attached hydrogens (tertiary/aromatic N) is 1. The van der Waals surface area contributed by atoms with E-state index in [4.69, 9.17) is 9.84 Å². The fourth-order valence-electron chi connectivity index (χ4n) is 2.89. The first kappa shape index (κ1) is 12.3. The van der Waals surface area contributed by atoms with Crippen molar-refractivity contribution in [2.24, 2.45) is 0 Å². The largest absolute Gasteiger partial charge is 0.394 e. The number of aliphatic hydroxyl groups is 2. The molecule has 1 heterocycles. The van der Waals surface area contributed by atoms with Crippen LogP contribution >= 0.6 is 0 Å². The van der Waals surface area contributed by atoms with Gasteiger partial charge in [0.05, 0.1) is 25.4 Å². The van der Waals surface area contributed by atoms with Crippen LogP contribution < -0.4 is 0 Å². The van der Waals surface area contributed by atoms with E-state index in [2.05, 4.69) is 11.8 Å². The first-order valence-electron chi connectivity index (χ1n) is 6.38. The topological polar surface area (TPSA) is 52.9 Å². The molecule has 0 aromatic heterocycles. The van der Waals surface area contributed by atoms with Gasteiger partial charge in [-0.15, -0.1) is 0 Å². The molecule has 2 fully saturated rings. The summed E-state index contributed by atoms with van der Waals surface area (Å²) in [6, 6.07) is 0.613. The quantitative estimate of drug-likeness (QED) is 0.718. The van der Waals surface area contributed by atoms with Crippen molar-refractivity contribution >= 4 is 0 Å². The number of morpholine rings is 1. The SMILES string of the molecule is CC1COC(CO)CN1C1CCCCC1O. The standard InChI is InChI=1S/C12H23NO3/c1-9-8-16-10(7-14)6-13(9)11-4-2-3-5-12(11)15/h9-12,14-15H,2-8H2,1H3. The summed E-state index contributed by atoms with van der Waals surface area (Å²) in [4.78, 5) is 2.33. The van der Waals surface area contributed by atoms with Crippen LogP contribution in [-0.4, -0.2) is 59.2 Å².